The van der Waals surface area contributed by atoms with Crippen LogP contribution in [-0.4, -0.2) is 41.7 Å². The molecule has 26 heavy (non-hydrogen) atoms. The van der Waals surface area contributed by atoms with Crippen molar-refractivity contribution in [2.75, 3.05) is 0 Å². The van der Waals surface area contributed by atoms with Gasteiger partial charge in [0.15, 0.2) is 0 Å². The number of carbonyl (C=O) groups excluding carboxylic acids is 1. The zero-order valence-corrected chi connectivity index (χ0v) is 14.5. The van der Waals surface area contributed by atoms with E-state index >= 15 is 0 Å². The predicted octanol–water partition coefficient (Wildman–Crippen LogP) is 0.736. The highest BCUT2D eigenvalue weighted by molar-refractivity contribution is 5.92. The van der Waals surface area contributed by atoms with Gasteiger partial charge in [-0.2, -0.15) is 9.36 Å². The highest BCUT2D eigenvalue weighted by atomic mass is 16.2. The van der Waals surface area contributed by atoms with Crippen molar-refractivity contribution in [3.05, 3.63) is 64.6 Å². The summed E-state index contributed by atoms with van der Waals surface area (Å²) in [4.78, 5) is 32.9. The third kappa shape index (κ3) is 3.82. The topological polar surface area (TPSA) is 108 Å². The number of hydrogen-bond donors (Lipinski definition) is 1. The van der Waals surface area contributed by atoms with Crippen LogP contribution in [0.1, 0.15) is 29.5 Å². The highest BCUT2D eigenvalue weighted by Crippen LogP contribution is 2.02. The van der Waals surface area contributed by atoms with E-state index in [0.29, 0.717) is 12.1 Å². The van der Waals surface area contributed by atoms with E-state index in [0.717, 1.165) is 5.69 Å². The molecule has 0 spiro atoms. The van der Waals surface area contributed by atoms with Crippen molar-refractivity contribution < 1.29 is 4.79 Å². The van der Waals surface area contributed by atoms with E-state index in [9.17, 15) is 9.59 Å². The van der Waals surface area contributed by atoms with Crippen molar-refractivity contribution in [2.24, 2.45) is 0 Å². The van der Waals surface area contributed by atoms with Crippen LogP contribution in [0.3, 0.4) is 0 Å². The van der Waals surface area contributed by atoms with Crippen LogP contribution in [0.5, 0.6) is 0 Å². The summed E-state index contributed by atoms with van der Waals surface area (Å²) >= 11 is 0. The molecule has 1 N–H and O–H groups in total. The van der Waals surface area contributed by atoms with Crippen molar-refractivity contribution in [1.29, 1.82) is 0 Å². The molecule has 2 heterocycles. The fraction of sp³-hybridized carbons (Fsp3) is 0.294. The van der Waals surface area contributed by atoms with Crippen LogP contribution in [-0.2, 0) is 6.54 Å². The first kappa shape index (κ1) is 17.5. The standard InChI is InChI=1S/C17H19N7O2/c1-3-13(20-16(25)15-10-18-12(2)9-19-15)11-23-17(26)24(22-21-23)14-7-5-4-6-8-14/h4-10,13H,3,11H2,1-2H3,(H,20,25)/t13-/m1/s1. The summed E-state index contributed by atoms with van der Waals surface area (Å²) in [5.41, 5.74) is 1.24. The molecule has 0 bridgehead atoms. The Bertz CT molecular complexity index is 932. The van der Waals surface area contributed by atoms with E-state index in [4.69, 9.17) is 0 Å². The molecule has 0 aliphatic carbocycles. The second kappa shape index (κ2) is 7.68. The molecule has 1 aromatic carbocycles. The number of rotatable bonds is 6. The maximum atomic E-state index is 12.5. The zero-order chi connectivity index (χ0) is 18.5. The molecule has 0 radical (unpaired) electrons. The Labute approximate surface area is 149 Å². The molecule has 2 aromatic heterocycles. The van der Waals surface area contributed by atoms with Gasteiger partial charge in [0.2, 0.25) is 0 Å². The molecule has 9 heteroatoms. The van der Waals surface area contributed by atoms with Crippen LogP contribution in [0.2, 0.25) is 0 Å². The summed E-state index contributed by atoms with van der Waals surface area (Å²) in [6.45, 7) is 3.93. The van der Waals surface area contributed by atoms with Crippen LogP contribution >= 0.6 is 0 Å². The summed E-state index contributed by atoms with van der Waals surface area (Å²) in [5.74, 6) is -0.340. The van der Waals surface area contributed by atoms with Crippen LogP contribution in [0.15, 0.2) is 47.5 Å². The summed E-state index contributed by atoms with van der Waals surface area (Å²) in [6, 6.07) is 8.75. The quantitative estimate of drug-likeness (QED) is 0.700. The van der Waals surface area contributed by atoms with Gasteiger partial charge >= 0.3 is 5.69 Å². The fourth-order valence-corrected chi connectivity index (χ4v) is 2.37. The van der Waals surface area contributed by atoms with Crippen molar-refractivity contribution in [2.45, 2.75) is 32.9 Å². The van der Waals surface area contributed by atoms with Crippen molar-refractivity contribution >= 4 is 5.91 Å². The average Bonchev–Trinajstić information content (AvgIpc) is 3.02. The smallest absolute Gasteiger partial charge is 0.346 e. The monoisotopic (exact) mass is 353 g/mol. The van der Waals surface area contributed by atoms with E-state index in [2.05, 4.69) is 25.7 Å². The minimum absolute atomic E-state index is 0.215. The molecular formula is C17H19N7O2. The number of hydrogen-bond acceptors (Lipinski definition) is 6. The summed E-state index contributed by atoms with van der Waals surface area (Å²) in [7, 11) is 0. The molecule has 0 unspecified atom stereocenters. The van der Waals surface area contributed by atoms with E-state index in [1.54, 1.807) is 19.1 Å². The number of amides is 1. The molecule has 0 aliphatic heterocycles. The summed E-state index contributed by atoms with van der Waals surface area (Å²) < 4.78 is 2.46. The Morgan fingerprint density at radius 2 is 1.92 bits per heavy atom. The van der Waals surface area contributed by atoms with E-state index in [1.165, 1.54) is 21.8 Å². The number of tetrazole rings is 1. The molecule has 3 rings (SSSR count). The first-order valence-electron chi connectivity index (χ1n) is 8.26. The molecule has 134 valence electrons. The van der Waals surface area contributed by atoms with Gasteiger partial charge < -0.3 is 5.32 Å². The fourth-order valence-electron chi connectivity index (χ4n) is 2.37. The van der Waals surface area contributed by atoms with Gasteiger partial charge in [-0.25, -0.2) is 9.78 Å². The Hall–Kier alpha value is -3.36. The van der Waals surface area contributed by atoms with Gasteiger partial charge in [-0.1, -0.05) is 25.1 Å². The van der Waals surface area contributed by atoms with Gasteiger partial charge in [0.05, 0.1) is 24.1 Å². The van der Waals surface area contributed by atoms with Gasteiger partial charge in [-0.15, -0.1) is 0 Å². The molecule has 1 atom stereocenters. The minimum Gasteiger partial charge on any atom is -0.346 e. The first-order valence-corrected chi connectivity index (χ1v) is 8.26. The average molecular weight is 353 g/mol. The van der Waals surface area contributed by atoms with Crippen LogP contribution < -0.4 is 11.0 Å². The van der Waals surface area contributed by atoms with E-state index < -0.39 is 0 Å². The number of aryl methyl sites for hydroxylation is 1. The van der Waals surface area contributed by atoms with Gasteiger partial charge in [-0.3, -0.25) is 9.78 Å². The lowest BCUT2D eigenvalue weighted by atomic mass is 10.2. The second-order valence-corrected chi connectivity index (χ2v) is 5.81. The Kier molecular flexibility index (Phi) is 5.16. The van der Waals surface area contributed by atoms with Crippen LogP contribution in [0.4, 0.5) is 0 Å². The predicted molar refractivity (Wildman–Crippen MR) is 93.9 cm³/mol. The number of benzene rings is 1. The molecule has 0 aliphatic rings. The lowest BCUT2D eigenvalue weighted by Gasteiger charge is -2.15. The van der Waals surface area contributed by atoms with Gasteiger partial charge in [0, 0.05) is 12.2 Å². The third-order valence-electron chi connectivity index (χ3n) is 3.88. The largest absolute Gasteiger partial charge is 0.368 e. The number of nitrogens with zero attached hydrogens (tertiary/aromatic N) is 6. The normalized spacial score (nSPS) is 11.9. The third-order valence-corrected chi connectivity index (χ3v) is 3.88. The zero-order valence-electron chi connectivity index (χ0n) is 14.5. The molecule has 3 aromatic rings. The molecule has 9 nitrogen and oxygen atoms in total. The van der Waals surface area contributed by atoms with Gasteiger partial charge in [-0.05, 0) is 35.9 Å². The summed E-state index contributed by atoms with van der Waals surface area (Å²) in [5, 5.41) is 10.7. The second-order valence-electron chi connectivity index (χ2n) is 5.81. The minimum atomic E-state index is -0.362. The molecule has 0 saturated heterocycles. The van der Waals surface area contributed by atoms with E-state index in [1.807, 2.05) is 25.1 Å². The lowest BCUT2D eigenvalue weighted by Crippen LogP contribution is -2.40. The van der Waals surface area contributed by atoms with Crippen molar-refractivity contribution in [3.8, 4) is 5.69 Å². The maximum Gasteiger partial charge on any atom is 0.368 e. The molecular weight excluding hydrogens is 334 g/mol. The van der Waals surface area contributed by atoms with Crippen LogP contribution in [0, 0.1) is 6.92 Å². The molecule has 0 fully saturated rings. The Balaban J connectivity index is 1.73. The Morgan fingerprint density at radius 3 is 2.58 bits per heavy atom. The number of para-hydroxylation sites is 1. The number of nitrogens with one attached hydrogen (secondary N) is 1. The maximum absolute atomic E-state index is 12.5. The lowest BCUT2D eigenvalue weighted by molar-refractivity contribution is 0.0925. The SMILES string of the molecule is CC[C@H](Cn1nnn(-c2ccccc2)c1=O)NC(=O)c1cnc(C)cn1. The number of carbonyl (C=O) groups is 1. The highest BCUT2D eigenvalue weighted by Gasteiger charge is 2.17. The van der Waals surface area contributed by atoms with Gasteiger partial charge in [0.1, 0.15) is 5.69 Å². The Morgan fingerprint density at radius 1 is 1.15 bits per heavy atom. The first-order chi connectivity index (χ1) is 12.6. The van der Waals surface area contributed by atoms with Crippen LogP contribution in [0.25, 0.3) is 5.69 Å². The van der Waals surface area contributed by atoms with Crippen molar-refractivity contribution in [3.63, 3.8) is 0 Å². The van der Waals surface area contributed by atoms with Gasteiger partial charge in [0.25, 0.3) is 5.91 Å². The molecule has 1 amide bonds. The molecule has 0 saturated carbocycles. The summed E-state index contributed by atoms with van der Waals surface area (Å²) in [6.07, 6.45) is 3.58. The van der Waals surface area contributed by atoms with Crippen molar-refractivity contribution in [1.82, 2.24) is 35.1 Å². The van der Waals surface area contributed by atoms with E-state index in [-0.39, 0.29) is 29.9 Å². The number of aromatic nitrogens is 6.